The zero-order valence-corrected chi connectivity index (χ0v) is 25.7. The van der Waals surface area contributed by atoms with E-state index in [2.05, 4.69) is 29.7 Å². The topological polar surface area (TPSA) is 154 Å². The molecule has 1 heterocycles. The Bertz CT molecular complexity index is 775. The summed E-state index contributed by atoms with van der Waals surface area (Å²) >= 11 is 0. The highest BCUT2D eigenvalue weighted by Gasteiger charge is 2.47. The Hall–Kier alpha value is -2.01. The molecule has 238 valence electrons. The van der Waals surface area contributed by atoms with E-state index >= 15 is 0 Å². The van der Waals surface area contributed by atoms with E-state index in [0.717, 1.165) is 44.9 Å². The largest absolute Gasteiger partial charge is 0.432 e. The summed E-state index contributed by atoms with van der Waals surface area (Å²) in [6.07, 6.45) is 12.3. The van der Waals surface area contributed by atoms with Crippen LogP contribution in [0.4, 0.5) is 0 Å². The van der Waals surface area contributed by atoms with Gasteiger partial charge in [0.1, 0.15) is 30.4 Å². The van der Waals surface area contributed by atoms with Crippen LogP contribution in [0.3, 0.4) is 0 Å². The molecule has 1 aliphatic heterocycles. The van der Waals surface area contributed by atoms with Gasteiger partial charge in [-0.3, -0.25) is 9.59 Å². The van der Waals surface area contributed by atoms with Crippen molar-refractivity contribution in [3.05, 3.63) is 12.2 Å². The van der Waals surface area contributed by atoms with Gasteiger partial charge in [0.15, 0.2) is 0 Å². The molecule has 1 fully saturated rings. The summed E-state index contributed by atoms with van der Waals surface area (Å²) in [7, 11) is 0. The summed E-state index contributed by atoms with van der Waals surface area (Å²) in [4.78, 5) is 37.9. The first-order chi connectivity index (χ1) is 19.7. The fourth-order valence-electron chi connectivity index (χ4n) is 4.76. The third-order valence-corrected chi connectivity index (χ3v) is 7.32. The maximum atomic E-state index is 13.1. The first kappa shape index (κ1) is 37.0. The van der Waals surface area contributed by atoms with Crippen LogP contribution in [-0.4, -0.2) is 76.4 Å². The normalized spacial score (nSPS) is 23.5. The maximum absolute atomic E-state index is 13.1. The van der Waals surface area contributed by atoms with E-state index in [1.165, 1.54) is 25.7 Å². The Morgan fingerprint density at radius 3 is 2.02 bits per heavy atom. The smallest absolute Gasteiger partial charge is 0.331 e. The van der Waals surface area contributed by atoms with Crippen LogP contribution >= 0.6 is 0 Å². The molecule has 0 spiro atoms. The van der Waals surface area contributed by atoms with Crippen LogP contribution < -0.4 is 10.6 Å². The fraction of sp³-hybridized carbons (Fsp3) is 0.839. The molecule has 41 heavy (non-hydrogen) atoms. The molecule has 5 N–H and O–H groups in total. The average Bonchev–Trinajstić information content (AvgIpc) is 2.93. The molecule has 6 unspecified atom stereocenters. The lowest BCUT2D eigenvalue weighted by atomic mass is 9.96. The molecule has 10 heteroatoms. The van der Waals surface area contributed by atoms with Crippen molar-refractivity contribution in [2.24, 2.45) is 5.92 Å². The molecule has 0 aromatic heterocycles. The second-order valence-electron chi connectivity index (χ2n) is 11.4. The van der Waals surface area contributed by atoms with Crippen molar-refractivity contribution in [3.63, 3.8) is 0 Å². The van der Waals surface area contributed by atoms with Crippen molar-refractivity contribution in [1.82, 2.24) is 10.6 Å². The van der Waals surface area contributed by atoms with Gasteiger partial charge in [0.2, 0.25) is 18.1 Å². The molecule has 0 saturated carbocycles. The van der Waals surface area contributed by atoms with Gasteiger partial charge in [-0.15, -0.1) is 0 Å². The number of hydrogen-bond acceptors (Lipinski definition) is 8. The van der Waals surface area contributed by atoms with Crippen LogP contribution in [0, 0.1) is 5.92 Å². The highest BCUT2D eigenvalue weighted by molar-refractivity contribution is 5.84. The van der Waals surface area contributed by atoms with Gasteiger partial charge in [0.05, 0.1) is 6.61 Å². The van der Waals surface area contributed by atoms with Crippen LogP contribution in [-0.2, 0) is 23.9 Å². The zero-order valence-electron chi connectivity index (χ0n) is 25.7. The number of hydrogen-bond donors (Lipinski definition) is 5. The molecule has 6 atom stereocenters. The number of allylic oxidation sites excluding steroid dienone is 2. The Balaban J connectivity index is 2.50. The minimum atomic E-state index is -1.53. The number of amides is 2. The molecular formula is C31H56N2O8. The lowest BCUT2D eigenvalue weighted by Crippen LogP contribution is -2.65. The Kier molecular flexibility index (Phi) is 19.6. The number of unbranched alkanes of at least 4 members (excludes halogenated alkanes) is 9. The Morgan fingerprint density at radius 2 is 1.44 bits per heavy atom. The minimum Gasteiger partial charge on any atom is -0.432 e. The Morgan fingerprint density at radius 1 is 0.829 bits per heavy atom. The molecule has 0 radical (unpaired) electrons. The molecule has 0 aromatic rings. The summed E-state index contributed by atoms with van der Waals surface area (Å²) in [6.45, 7) is 6.94. The van der Waals surface area contributed by atoms with Crippen molar-refractivity contribution < 1.29 is 39.2 Å². The Labute approximate surface area is 246 Å². The molecule has 1 saturated heterocycles. The van der Waals surface area contributed by atoms with E-state index in [1.807, 2.05) is 6.92 Å². The first-order valence-corrected chi connectivity index (χ1v) is 15.7. The molecule has 0 aliphatic carbocycles. The van der Waals surface area contributed by atoms with Gasteiger partial charge < -0.3 is 35.4 Å². The van der Waals surface area contributed by atoms with Gasteiger partial charge in [-0.25, -0.2) is 4.79 Å². The van der Waals surface area contributed by atoms with Crippen LogP contribution in [0.5, 0.6) is 0 Å². The summed E-state index contributed by atoms with van der Waals surface area (Å²) < 4.78 is 11.0. The predicted octanol–water partition coefficient (Wildman–Crippen LogP) is 3.65. The summed E-state index contributed by atoms with van der Waals surface area (Å²) in [5.74, 6) is -1.75. The lowest BCUT2D eigenvalue weighted by molar-refractivity contribution is -0.264. The highest BCUT2D eigenvalue weighted by atomic mass is 16.7. The van der Waals surface area contributed by atoms with Gasteiger partial charge in [0.25, 0.3) is 0 Å². The monoisotopic (exact) mass is 584 g/mol. The second-order valence-corrected chi connectivity index (χ2v) is 11.4. The van der Waals surface area contributed by atoms with Crippen LogP contribution in [0.15, 0.2) is 12.2 Å². The number of aliphatic hydroxyl groups excluding tert-OH is 3. The first-order valence-electron chi connectivity index (χ1n) is 15.7. The molecule has 0 aromatic carbocycles. The third kappa shape index (κ3) is 14.6. The van der Waals surface area contributed by atoms with E-state index < -0.39 is 55.2 Å². The van der Waals surface area contributed by atoms with Crippen molar-refractivity contribution in [2.75, 3.05) is 6.61 Å². The van der Waals surface area contributed by atoms with Gasteiger partial charge in [-0.1, -0.05) is 78.4 Å². The number of nitrogens with one attached hydrogen (secondary N) is 2. The van der Waals surface area contributed by atoms with Crippen molar-refractivity contribution in [2.45, 2.75) is 154 Å². The van der Waals surface area contributed by atoms with Crippen LogP contribution in [0.25, 0.3) is 0 Å². The molecule has 1 rings (SSSR count). The highest BCUT2D eigenvalue weighted by Crippen LogP contribution is 2.23. The van der Waals surface area contributed by atoms with Crippen LogP contribution in [0.1, 0.15) is 118 Å². The van der Waals surface area contributed by atoms with Crippen LogP contribution in [0.2, 0.25) is 0 Å². The van der Waals surface area contributed by atoms with E-state index in [-0.39, 0.29) is 18.2 Å². The third-order valence-electron chi connectivity index (χ3n) is 7.32. The van der Waals surface area contributed by atoms with Crippen molar-refractivity contribution in [1.29, 1.82) is 0 Å². The van der Waals surface area contributed by atoms with E-state index in [1.54, 1.807) is 13.8 Å². The van der Waals surface area contributed by atoms with Crippen molar-refractivity contribution in [3.8, 4) is 0 Å². The summed E-state index contributed by atoms with van der Waals surface area (Å²) in [5.41, 5.74) is 0. The van der Waals surface area contributed by atoms with E-state index in [0.29, 0.717) is 12.8 Å². The molecule has 1 aliphatic rings. The van der Waals surface area contributed by atoms with Gasteiger partial charge in [-0.2, -0.15) is 0 Å². The maximum Gasteiger partial charge on any atom is 0.331 e. The molecule has 10 nitrogen and oxygen atoms in total. The van der Waals surface area contributed by atoms with Gasteiger partial charge in [-0.05, 0) is 44.4 Å². The summed E-state index contributed by atoms with van der Waals surface area (Å²) in [6, 6.07) is -2.20. The number of esters is 1. The lowest BCUT2D eigenvalue weighted by Gasteiger charge is -2.42. The van der Waals surface area contributed by atoms with Gasteiger partial charge >= 0.3 is 5.97 Å². The summed E-state index contributed by atoms with van der Waals surface area (Å²) in [5, 5.41) is 35.6. The van der Waals surface area contributed by atoms with E-state index in [4.69, 9.17) is 9.47 Å². The minimum absolute atomic E-state index is 0.171. The average molecular weight is 585 g/mol. The number of rotatable bonds is 21. The number of carbonyl (C=O) groups excluding carboxylic acids is 3. The quantitative estimate of drug-likeness (QED) is 0.0778. The molecule has 2 amide bonds. The number of aliphatic hydroxyl groups is 3. The predicted molar refractivity (Wildman–Crippen MR) is 158 cm³/mol. The molecular weight excluding hydrogens is 528 g/mol. The standard InChI is InChI=1S/C31H56N2O8/c1-5-7-8-9-10-11-12-13-14-15-16-17-18-20-25(36)32-26(22(3)4)30(39)41-31-27(33-24(35)19-6-2)29(38)28(37)23(21-34)40-31/h11-12,22-23,26-29,31,34,37-38H,5-10,13-21H2,1-4H3,(H,32,36)(H,33,35). The second kappa shape index (κ2) is 21.7. The fourth-order valence-corrected chi connectivity index (χ4v) is 4.76. The molecule has 0 bridgehead atoms. The van der Waals surface area contributed by atoms with Crippen molar-refractivity contribution >= 4 is 17.8 Å². The number of carbonyl (C=O) groups is 3. The SMILES string of the molecule is CCCCCCC=CCCCCCCCC(=O)NC(C(=O)OC1OC(CO)C(O)C(O)C1NC(=O)CCC)C(C)C. The van der Waals surface area contributed by atoms with Gasteiger partial charge in [0, 0.05) is 12.8 Å². The van der Waals surface area contributed by atoms with E-state index in [9.17, 15) is 29.7 Å². The number of ether oxygens (including phenoxy) is 2. The zero-order chi connectivity index (χ0) is 30.6.